The van der Waals surface area contributed by atoms with Crippen molar-refractivity contribution >= 4 is 5.95 Å². The molecule has 2 heterocycles. The van der Waals surface area contributed by atoms with Gasteiger partial charge in [0, 0.05) is 31.0 Å². The van der Waals surface area contributed by atoms with Crippen molar-refractivity contribution < 1.29 is 0 Å². The number of aromatic nitrogens is 2. The van der Waals surface area contributed by atoms with Gasteiger partial charge in [0.05, 0.1) is 0 Å². The SMILES string of the molecule is CC(Cn1ccnc1NC1CC1)N1CCCCC1. The lowest BCUT2D eigenvalue weighted by Gasteiger charge is -2.32. The normalized spacial score (nSPS) is 22.9. The van der Waals surface area contributed by atoms with Crippen LogP contribution >= 0.6 is 0 Å². The first-order chi connectivity index (χ1) is 8.83. The summed E-state index contributed by atoms with van der Waals surface area (Å²) in [6.45, 7) is 5.92. The first kappa shape index (κ1) is 12.0. The summed E-state index contributed by atoms with van der Waals surface area (Å²) in [5, 5.41) is 3.51. The monoisotopic (exact) mass is 248 g/mol. The van der Waals surface area contributed by atoms with Gasteiger partial charge in [-0.3, -0.25) is 4.90 Å². The van der Waals surface area contributed by atoms with Gasteiger partial charge >= 0.3 is 0 Å². The molecule has 1 atom stereocenters. The molecule has 1 aromatic rings. The fraction of sp³-hybridized carbons (Fsp3) is 0.786. The van der Waals surface area contributed by atoms with Crippen molar-refractivity contribution in [2.75, 3.05) is 18.4 Å². The molecule has 0 amide bonds. The number of rotatable bonds is 5. The summed E-state index contributed by atoms with van der Waals surface area (Å²) in [4.78, 5) is 7.04. The van der Waals surface area contributed by atoms with Gasteiger partial charge in [-0.25, -0.2) is 4.98 Å². The van der Waals surface area contributed by atoms with Crippen molar-refractivity contribution in [2.45, 2.75) is 57.7 Å². The molecule has 1 saturated heterocycles. The van der Waals surface area contributed by atoms with E-state index in [1.807, 2.05) is 6.20 Å². The van der Waals surface area contributed by atoms with Crippen LogP contribution in [0.1, 0.15) is 39.0 Å². The molecular weight excluding hydrogens is 224 g/mol. The summed E-state index contributed by atoms with van der Waals surface area (Å²) in [6, 6.07) is 1.29. The van der Waals surface area contributed by atoms with Crippen molar-refractivity contribution in [3.05, 3.63) is 12.4 Å². The second kappa shape index (κ2) is 5.31. The molecular formula is C14H24N4. The predicted octanol–water partition coefficient (Wildman–Crippen LogP) is 2.33. The van der Waals surface area contributed by atoms with E-state index in [1.54, 1.807) is 0 Å². The largest absolute Gasteiger partial charge is 0.353 e. The van der Waals surface area contributed by atoms with E-state index in [2.05, 4.69) is 32.9 Å². The van der Waals surface area contributed by atoms with Crippen LogP contribution in [0.2, 0.25) is 0 Å². The van der Waals surface area contributed by atoms with Gasteiger partial charge in [-0.05, 0) is 45.7 Å². The molecule has 4 heteroatoms. The minimum atomic E-state index is 0.610. The highest BCUT2D eigenvalue weighted by molar-refractivity contribution is 5.29. The van der Waals surface area contributed by atoms with Crippen LogP contribution in [0.5, 0.6) is 0 Å². The zero-order valence-corrected chi connectivity index (χ0v) is 11.3. The predicted molar refractivity (Wildman–Crippen MR) is 73.8 cm³/mol. The molecule has 0 spiro atoms. The van der Waals surface area contributed by atoms with Crippen LogP contribution in [0, 0.1) is 0 Å². The van der Waals surface area contributed by atoms with E-state index in [1.165, 1.54) is 45.2 Å². The maximum Gasteiger partial charge on any atom is 0.203 e. The molecule has 0 bridgehead atoms. The topological polar surface area (TPSA) is 33.1 Å². The first-order valence-corrected chi connectivity index (χ1v) is 7.34. The van der Waals surface area contributed by atoms with Crippen molar-refractivity contribution in [1.29, 1.82) is 0 Å². The van der Waals surface area contributed by atoms with Crippen molar-refractivity contribution in [3.8, 4) is 0 Å². The third kappa shape index (κ3) is 2.86. The lowest BCUT2D eigenvalue weighted by atomic mass is 10.1. The van der Waals surface area contributed by atoms with Gasteiger partial charge < -0.3 is 9.88 Å². The van der Waals surface area contributed by atoms with Gasteiger partial charge in [-0.15, -0.1) is 0 Å². The van der Waals surface area contributed by atoms with Crippen LogP contribution in [0.25, 0.3) is 0 Å². The molecule has 0 aromatic carbocycles. The maximum atomic E-state index is 4.43. The molecule has 1 unspecified atom stereocenters. The van der Waals surface area contributed by atoms with E-state index in [0.717, 1.165) is 12.5 Å². The van der Waals surface area contributed by atoms with E-state index in [9.17, 15) is 0 Å². The second-order valence-corrected chi connectivity index (χ2v) is 5.77. The fourth-order valence-corrected chi connectivity index (χ4v) is 2.77. The molecule has 1 aliphatic carbocycles. The first-order valence-electron chi connectivity index (χ1n) is 7.34. The van der Waals surface area contributed by atoms with Crippen LogP contribution in [0.3, 0.4) is 0 Å². The Kier molecular flexibility index (Phi) is 3.55. The molecule has 2 fully saturated rings. The Morgan fingerprint density at radius 3 is 2.83 bits per heavy atom. The van der Waals surface area contributed by atoms with E-state index >= 15 is 0 Å². The number of nitrogens with zero attached hydrogens (tertiary/aromatic N) is 3. The molecule has 1 aromatic heterocycles. The number of anilines is 1. The Bertz CT molecular complexity index is 377. The molecule has 100 valence electrons. The highest BCUT2D eigenvalue weighted by Crippen LogP contribution is 2.24. The number of piperidine rings is 1. The minimum Gasteiger partial charge on any atom is -0.353 e. The fourth-order valence-electron chi connectivity index (χ4n) is 2.77. The van der Waals surface area contributed by atoms with Crippen LogP contribution < -0.4 is 5.32 Å². The Balaban J connectivity index is 1.58. The summed E-state index contributed by atoms with van der Waals surface area (Å²) in [5.41, 5.74) is 0. The van der Waals surface area contributed by atoms with Gasteiger partial charge in [0.2, 0.25) is 5.95 Å². The van der Waals surface area contributed by atoms with Crippen molar-refractivity contribution in [2.24, 2.45) is 0 Å². The molecule has 1 aliphatic heterocycles. The number of likely N-dealkylation sites (tertiary alicyclic amines) is 1. The van der Waals surface area contributed by atoms with Crippen molar-refractivity contribution in [1.82, 2.24) is 14.5 Å². The van der Waals surface area contributed by atoms with Crippen LogP contribution in [-0.4, -0.2) is 39.6 Å². The molecule has 18 heavy (non-hydrogen) atoms. The third-order valence-corrected chi connectivity index (χ3v) is 4.10. The lowest BCUT2D eigenvalue weighted by molar-refractivity contribution is 0.160. The number of hydrogen-bond donors (Lipinski definition) is 1. The van der Waals surface area contributed by atoms with Gasteiger partial charge in [0.1, 0.15) is 0 Å². The number of nitrogens with one attached hydrogen (secondary N) is 1. The van der Waals surface area contributed by atoms with E-state index < -0.39 is 0 Å². The van der Waals surface area contributed by atoms with Crippen LogP contribution in [-0.2, 0) is 6.54 Å². The number of hydrogen-bond acceptors (Lipinski definition) is 3. The maximum absolute atomic E-state index is 4.43. The summed E-state index contributed by atoms with van der Waals surface area (Å²) in [6.07, 6.45) is 10.7. The Labute approximate surface area is 109 Å². The molecule has 0 radical (unpaired) electrons. The van der Waals surface area contributed by atoms with E-state index in [-0.39, 0.29) is 0 Å². The van der Waals surface area contributed by atoms with Gasteiger partial charge in [0.25, 0.3) is 0 Å². The average molecular weight is 248 g/mol. The van der Waals surface area contributed by atoms with Crippen LogP contribution in [0.15, 0.2) is 12.4 Å². The van der Waals surface area contributed by atoms with E-state index in [4.69, 9.17) is 0 Å². The standard InChI is InChI=1S/C14H24N4/c1-12(17-8-3-2-4-9-17)11-18-10-7-15-14(18)16-13-5-6-13/h7,10,12-13H,2-6,8-9,11H2,1H3,(H,15,16). The molecule has 1 saturated carbocycles. The highest BCUT2D eigenvalue weighted by Gasteiger charge is 2.23. The van der Waals surface area contributed by atoms with Crippen LogP contribution in [0.4, 0.5) is 5.95 Å². The average Bonchev–Trinajstić information content (AvgIpc) is 3.11. The minimum absolute atomic E-state index is 0.610. The number of imidazole rings is 1. The zero-order chi connectivity index (χ0) is 12.4. The smallest absolute Gasteiger partial charge is 0.203 e. The zero-order valence-electron chi connectivity index (χ0n) is 11.3. The Morgan fingerprint density at radius 2 is 2.11 bits per heavy atom. The summed E-state index contributed by atoms with van der Waals surface area (Å²) < 4.78 is 2.28. The quantitative estimate of drug-likeness (QED) is 0.868. The van der Waals surface area contributed by atoms with E-state index in [0.29, 0.717) is 12.1 Å². The summed E-state index contributed by atoms with van der Waals surface area (Å²) in [5.74, 6) is 1.06. The Hall–Kier alpha value is -1.03. The van der Waals surface area contributed by atoms with Gasteiger partial charge in [0.15, 0.2) is 0 Å². The lowest BCUT2D eigenvalue weighted by Crippen LogP contribution is -2.39. The second-order valence-electron chi connectivity index (χ2n) is 5.77. The third-order valence-electron chi connectivity index (χ3n) is 4.10. The molecule has 3 rings (SSSR count). The molecule has 4 nitrogen and oxygen atoms in total. The van der Waals surface area contributed by atoms with Gasteiger partial charge in [-0.1, -0.05) is 6.42 Å². The molecule has 1 N–H and O–H groups in total. The summed E-state index contributed by atoms with van der Waals surface area (Å²) >= 11 is 0. The Morgan fingerprint density at radius 1 is 1.33 bits per heavy atom. The highest BCUT2D eigenvalue weighted by atomic mass is 15.2. The summed E-state index contributed by atoms with van der Waals surface area (Å²) in [7, 11) is 0. The molecule has 2 aliphatic rings. The van der Waals surface area contributed by atoms with Crippen molar-refractivity contribution in [3.63, 3.8) is 0 Å². The van der Waals surface area contributed by atoms with Gasteiger partial charge in [-0.2, -0.15) is 0 Å².